The summed E-state index contributed by atoms with van der Waals surface area (Å²) in [5.74, 6) is 0.829. The Morgan fingerprint density at radius 1 is 1.17 bits per heavy atom. The van der Waals surface area contributed by atoms with Crippen LogP contribution in [0.15, 0.2) is 59.6 Å². The van der Waals surface area contributed by atoms with E-state index < -0.39 is 0 Å². The van der Waals surface area contributed by atoms with Crippen molar-refractivity contribution in [2.45, 2.75) is 11.0 Å². The highest BCUT2D eigenvalue weighted by Crippen LogP contribution is 2.56. The highest BCUT2D eigenvalue weighted by Gasteiger charge is 2.57. The molecule has 0 aliphatic carbocycles. The molecule has 2 aromatic rings. The van der Waals surface area contributed by atoms with Crippen molar-refractivity contribution in [2.24, 2.45) is 4.99 Å². The fourth-order valence-corrected chi connectivity index (χ4v) is 5.28. The Balaban J connectivity index is 1.78. The summed E-state index contributed by atoms with van der Waals surface area (Å²) >= 11 is 3.46. The number of hydroxylamine groups is 1. The van der Waals surface area contributed by atoms with Gasteiger partial charge in [-0.05, 0) is 24.5 Å². The maximum absolute atomic E-state index is 6.39. The number of hydrogen-bond donors (Lipinski definition) is 0. The number of rotatable bonds is 3. The molecule has 1 spiro atoms. The minimum absolute atomic E-state index is 0.277. The van der Waals surface area contributed by atoms with Crippen LogP contribution in [0.2, 0.25) is 0 Å². The van der Waals surface area contributed by atoms with Gasteiger partial charge >= 0.3 is 0 Å². The SMILES string of the molecule is CON1c2ccccc2[C@@]2(CN=C(SC)S2)[C@@H]1Oc1ccccc1. The van der Waals surface area contributed by atoms with Crippen LogP contribution in [0.4, 0.5) is 5.69 Å². The van der Waals surface area contributed by atoms with Gasteiger partial charge in [-0.25, -0.2) is 5.06 Å². The van der Waals surface area contributed by atoms with Gasteiger partial charge in [0.1, 0.15) is 14.9 Å². The number of anilines is 1. The molecular formula is C18H18N2O2S2. The molecule has 0 saturated carbocycles. The lowest BCUT2D eigenvalue weighted by Gasteiger charge is -2.33. The molecule has 0 bridgehead atoms. The van der Waals surface area contributed by atoms with E-state index in [0.717, 1.165) is 15.8 Å². The molecule has 2 aliphatic heterocycles. The smallest absolute Gasteiger partial charge is 0.216 e. The van der Waals surface area contributed by atoms with E-state index in [2.05, 4.69) is 24.5 Å². The topological polar surface area (TPSA) is 34.1 Å². The third kappa shape index (κ3) is 2.41. The van der Waals surface area contributed by atoms with Crippen molar-refractivity contribution in [3.63, 3.8) is 0 Å². The number of thioether (sulfide) groups is 2. The number of fused-ring (bicyclic) bond motifs is 2. The van der Waals surface area contributed by atoms with Crippen molar-refractivity contribution in [3.8, 4) is 5.75 Å². The normalized spacial score (nSPS) is 25.0. The van der Waals surface area contributed by atoms with Crippen LogP contribution in [0.1, 0.15) is 5.56 Å². The molecule has 4 rings (SSSR count). The van der Waals surface area contributed by atoms with E-state index >= 15 is 0 Å². The number of benzene rings is 2. The second-order valence-electron chi connectivity index (χ2n) is 5.59. The van der Waals surface area contributed by atoms with Crippen LogP contribution in [0.25, 0.3) is 0 Å². The van der Waals surface area contributed by atoms with Crippen LogP contribution in [0.3, 0.4) is 0 Å². The highest BCUT2D eigenvalue weighted by atomic mass is 32.2. The fraction of sp³-hybridized carbons (Fsp3) is 0.278. The second-order valence-corrected chi connectivity index (χ2v) is 7.96. The average molecular weight is 358 g/mol. The Morgan fingerprint density at radius 2 is 1.92 bits per heavy atom. The molecule has 0 saturated heterocycles. The molecule has 124 valence electrons. The van der Waals surface area contributed by atoms with Crippen LogP contribution in [-0.4, -0.2) is 30.5 Å². The molecule has 0 aromatic heterocycles. The first-order chi connectivity index (χ1) is 11.8. The summed E-state index contributed by atoms with van der Waals surface area (Å²) in [6, 6.07) is 18.2. The summed E-state index contributed by atoms with van der Waals surface area (Å²) < 4.78 is 7.19. The van der Waals surface area contributed by atoms with Crippen molar-refractivity contribution >= 4 is 33.6 Å². The molecule has 0 unspecified atom stereocenters. The standard InChI is InChI=1S/C18H18N2O2S2/c1-21-20-15-11-7-6-10-14(15)18(12-19-17(23-2)24-18)16(20)22-13-8-4-3-5-9-13/h3-11,16H,12H2,1-2H3/t16-,18-/m0/s1. The Kier molecular flexibility index (Phi) is 4.20. The van der Waals surface area contributed by atoms with Gasteiger partial charge in [-0.1, -0.05) is 48.2 Å². The molecule has 4 nitrogen and oxygen atoms in total. The van der Waals surface area contributed by atoms with Crippen molar-refractivity contribution in [1.29, 1.82) is 0 Å². The van der Waals surface area contributed by atoms with Crippen LogP contribution in [-0.2, 0) is 9.58 Å². The molecule has 2 atom stereocenters. The molecule has 2 aliphatic rings. The maximum Gasteiger partial charge on any atom is 0.216 e. The number of nitrogens with zero attached hydrogens (tertiary/aromatic N) is 2. The Labute approximate surface area is 150 Å². The van der Waals surface area contributed by atoms with Crippen LogP contribution >= 0.6 is 23.5 Å². The molecule has 0 amide bonds. The molecule has 6 heteroatoms. The van der Waals surface area contributed by atoms with Crippen LogP contribution in [0.5, 0.6) is 5.75 Å². The van der Waals surface area contributed by atoms with Gasteiger partial charge in [-0.15, -0.1) is 11.8 Å². The number of para-hydroxylation sites is 2. The van der Waals surface area contributed by atoms with Gasteiger partial charge in [0.2, 0.25) is 6.23 Å². The lowest BCUT2D eigenvalue weighted by molar-refractivity contribution is 0.0412. The largest absolute Gasteiger partial charge is 0.466 e. The van der Waals surface area contributed by atoms with Gasteiger partial charge < -0.3 is 4.74 Å². The highest BCUT2D eigenvalue weighted by molar-refractivity contribution is 8.39. The fourth-order valence-electron chi connectivity index (χ4n) is 3.21. The molecule has 0 N–H and O–H groups in total. The Morgan fingerprint density at radius 3 is 2.62 bits per heavy atom. The van der Waals surface area contributed by atoms with E-state index in [-0.39, 0.29) is 11.0 Å². The van der Waals surface area contributed by atoms with Crippen LogP contribution < -0.4 is 9.80 Å². The van der Waals surface area contributed by atoms with E-state index in [1.807, 2.05) is 41.5 Å². The predicted molar refractivity (Wildman–Crippen MR) is 102 cm³/mol. The first-order valence-corrected chi connectivity index (χ1v) is 9.74. The van der Waals surface area contributed by atoms with Gasteiger partial charge in [-0.3, -0.25) is 9.83 Å². The van der Waals surface area contributed by atoms with Gasteiger partial charge in [0, 0.05) is 5.56 Å². The first kappa shape index (κ1) is 15.9. The number of aliphatic imine (C=N–C) groups is 1. The summed E-state index contributed by atoms with van der Waals surface area (Å²) in [4.78, 5) is 10.4. The van der Waals surface area contributed by atoms with Crippen molar-refractivity contribution in [2.75, 3.05) is 25.0 Å². The number of hydrogen-bond acceptors (Lipinski definition) is 6. The van der Waals surface area contributed by atoms with Crippen molar-refractivity contribution in [1.82, 2.24) is 0 Å². The molecule has 2 heterocycles. The zero-order chi connectivity index (χ0) is 16.6. The zero-order valence-corrected chi connectivity index (χ0v) is 15.1. The molecule has 2 aromatic carbocycles. The summed E-state index contributed by atoms with van der Waals surface area (Å²) in [5, 5.41) is 1.87. The van der Waals surface area contributed by atoms with Gasteiger partial charge in [-0.2, -0.15) is 0 Å². The van der Waals surface area contributed by atoms with E-state index in [1.54, 1.807) is 30.6 Å². The lowest BCUT2D eigenvalue weighted by atomic mass is 9.99. The van der Waals surface area contributed by atoms with Crippen molar-refractivity contribution < 1.29 is 9.57 Å². The first-order valence-electron chi connectivity index (χ1n) is 7.70. The molecule has 0 radical (unpaired) electrons. The van der Waals surface area contributed by atoms with Crippen LogP contribution in [0, 0.1) is 0 Å². The predicted octanol–water partition coefficient (Wildman–Crippen LogP) is 4.13. The Hall–Kier alpha value is -1.63. The van der Waals surface area contributed by atoms with Gasteiger partial charge in [0.25, 0.3) is 0 Å². The third-order valence-electron chi connectivity index (χ3n) is 4.28. The minimum atomic E-state index is -0.291. The monoisotopic (exact) mass is 358 g/mol. The van der Waals surface area contributed by atoms with Crippen molar-refractivity contribution in [3.05, 3.63) is 60.2 Å². The Bertz CT molecular complexity index is 769. The van der Waals surface area contributed by atoms with E-state index in [0.29, 0.717) is 6.54 Å². The summed E-state index contributed by atoms with van der Waals surface area (Å²) in [6.45, 7) is 0.683. The van der Waals surface area contributed by atoms with E-state index in [1.165, 1.54) is 5.56 Å². The van der Waals surface area contributed by atoms with E-state index in [4.69, 9.17) is 14.6 Å². The third-order valence-corrected chi connectivity index (χ3v) is 6.73. The summed E-state index contributed by atoms with van der Waals surface area (Å²) in [7, 11) is 1.69. The molecular weight excluding hydrogens is 340 g/mol. The average Bonchev–Trinajstić information content (AvgIpc) is 3.18. The van der Waals surface area contributed by atoms with Gasteiger partial charge in [0.15, 0.2) is 0 Å². The quantitative estimate of drug-likeness (QED) is 0.824. The van der Waals surface area contributed by atoms with Gasteiger partial charge in [0.05, 0.1) is 19.3 Å². The molecule has 24 heavy (non-hydrogen) atoms. The molecule has 0 fully saturated rings. The number of ether oxygens (including phenoxy) is 1. The lowest BCUT2D eigenvalue weighted by Crippen LogP contribution is -2.47. The summed E-state index contributed by atoms with van der Waals surface area (Å²) in [5.41, 5.74) is 2.26. The minimum Gasteiger partial charge on any atom is -0.466 e. The second kappa shape index (κ2) is 6.35. The summed E-state index contributed by atoms with van der Waals surface area (Å²) in [6.07, 6.45) is 1.79. The zero-order valence-electron chi connectivity index (χ0n) is 13.5. The van der Waals surface area contributed by atoms with E-state index in [9.17, 15) is 0 Å². The maximum atomic E-state index is 6.39.